The lowest BCUT2D eigenvalue weighted by Crippen LogP contribution is -2.61. The predicted molar refractivity (Wildman–Crippen MR) is 95.5 cm³/mol. The van der Waals surface area contributed by atoms with Gasteiger partial charge >= 0.3 is 5.97 Å². The van der Waals surface area contributed by atoms with Crippen LogP contribution in [-0.2, 0) is 14.3 Å². The normalized spacial score (nSPS) is 51.1. The standard InChI is InChI=1S/C21H31NO3/c1-12-11-16-21(3,10-8-17(23)22-16)14-7-9-20(2)13(18(12)14)5-6-15(20)19(24)25-4/h8,10,12-16,18H,5-7,9,11H2,1-4H3,(H,22,23)/t12?,13-,14+,15?,16?,18-,20-,21+/m0/s1. The minimum absolute atomic E-state index is 0.0131. The quantitative estimate of drug-likeness (QED) is 0.742. The zero-order valence-corrected chi connectivity index (χ0v) is 15.9. The molecule has 4 nitrogen and oxygen atoms in total. The fourth-order valence-electron chi connectivity index (χ4n) is 7.21. The van der Waals surface area contributed by atoms with Crippen molar-refractivity contribution in [1.29, 1.82) is 0 Å². The third-order valence-electron chi connectivity index (χ3n) is 8.54. The van der Waals surface area contributed by atoms with Crippen molar-refractivity contribution >= 4 is 11.9 Å². The van der Waals surface area contributed by atoms with Crippen molar-refractivity contribution < 1.29 is 14.3 Å². The van der Waals surface area contributed by atoms with Crippen molar-refractivity contribution in [3.05, 3.63) is 12.2 Å². The van der Waals surface area contributed by atoms with Crippen LogP contribution in [0.4, 0.5) is 0 Å². The number of carbonyl (C=O) groups is 2. The zero-order valence-electron chi connectivity index (χ0n) is 15.9. The number of hydrogen-bond donors (Lipinski definition) is 1. The smallest absolute Gasteiger partial charge is 0.309 e. The summed E-state index contributed by atoms with van der Waals surface area (Å²) in [5, 5.41) is 3.23. The van der Waals surface area contributed by atoms with Crippen molar-refractivity contribution in [2.75, 3.05) is 7.11 Å². The van der Waals surface area contributed by atoms with E-state index in [1.165, 1.54) is 7.11 Å². The molecule has 0 bridgehead atoms. The Balaban J connectivity index is 1.69. The van der Waals surface area contributed by atoms with Crippen LogP contribution in [0, 0.1) is 40.4 Å². The first kappa shape index (κ1) is 17.1. The molecule has 8 atom stereocenters. The van der Waals surface area contributed by atoms with E-state index in [4.69, 9.17) is 4.74 Å². The summed E-state index contributed by atoms with van der Waals surface area (Å²) < 4.78 is 5.13. The van der Waals surface area contributed by atoms with Crippen molar-refractivity contribution in [3.8, 4) is 0 Å². The van der Waals surface area contributed by atoms with Gasteiger partial charge in [0, 0.05) is 11.5 Å². The Labute approximate surface area is 150 Å². The third kappa shape index (κ3) is 2.25. The van der Waals surface area contributed by atoms with Crippen LogP contribution in [0.3, 0.4) is 0 Å². The van der Waals surface area contributed by atoms with E-state index in [2.05, 4.69) is 32.2 Å². The molecule has 0 spiro atoms. The molecule has 0 aromatic rings. The summed E-state index contributed by atoms with van der Waals surface area (Å²) in [6.45, 7) is 7.04. The molecule has 3 saturated carbocycles. The SMILES string of the molecule is COC(=O)C1CC[C@H]2[C@@H]3C(C)CC4NC(=O)C=C[C@]4(C)[C@@H]3CC[C@]12C. The summed E-state index contributed by atoms with van der Waals surface area (Å²) in [5.41, 5.74) is 0.128. The van der Waals surface area contributed by atoms with Gasteiger partial charge < -0.3 is 10.1 Å². The first-order chi connectivity index (χ1) is 11.8. The molecule has 0 saturated heterocycles. The van der Waals surface area contributed by atoms with E-state index < -0.39 is 0 Å². The van der Waals surface area contributed by atoms with Crippen LogP contribution < -0.4 is 5.32 Å². The number of rotatable bonds is 1. The van der Waals surface area contributed by atoms with E-state index in [1.54, 1.807) is 6.08 Å². The lowest BCUT2D eigenvalue weighted by Gasteiger charge is -2.60. The molecule has 0 aromatic heterocycles. The highest BCUT2D eigenvalue weighted by Crippen LogP contribution is 2.66. The second-order valence-corrected chi connectivity index (χ2v) is 9.46. The molecule has 3 unspecified atom stereocenters. The van der Waals surface area contributed by atoms with Gasteiger partial charge in [0.15, 0.2) is 0 Å². The van der Waals surface area contributed by atoms with E-state index in [-0.39, 0.29) is 34.7 Å². The van der Waals surface area contributed by atoms with Crippen molar-refractivity contribution in [3.63, 3.8) is 0 Å². The summed E-state index contributed by atoms with van der Waals surface area (Å²) in [5.74, 6) is 2.50. The second kappa shape index (κ2) is 5.59. The number of amides is 1. The number of nitrogens with one attached hydrogen (secondary N) is 1. The van der Waals surface area contributed by atoms with Crippen LogP contribution >= 0.6 is 0 Å². The molecule has 25 heavy (non-hydrogen) atoms. The summed E-state index contributed by atoms with van der Waals surface area (Å²) in [6.07, 6.45) is 9.31. The summed E-state index contributed by atoms with van der Waals surface area (Å²) in [7, 11) is 1.52. The van der Waals surface area contributed by atoms with Crippen LogP contribution in [-0.4, -0.2) is 25.0 Å². The van der Waals surface area contributed by atoms with Gasteiger partial charge in [0.1, 0.15) is 0 Å². The molecule has 4 rings (SSSR count). The monoisotopic (exact) mass is 345 g/mol. The minimum Gasteiger partial charge on any atom is -0.469 e. The van der Waals surface area contributed by atoms with Gasteiger partial charge in [-0.05, 0) is 67.3 Å². The van der Waals surface area contributed by atoms with E-state index in [1.807, 2.05) is 0 Å². The maximum absolute atomic E-state index is 12.4. The molecular formula is C21H31NO3. The Morgan fingerprint density at radius 1 is 1.24 bits per heavy atom. The number of carbonyl (C=O) groups excluding carboxylic acids is 2. The molecule has 0 radical (unpaired) electrons. The Hall–Kier alpha value is -1.32. The number of fused-ring (bicyclic) bond motifs is 5. The van der Waals surface area contributed by atoms with Gasteiger partial charge in [-0.3, -0.25) is 9.59 Å². The van der Waals surface area contributed by atoms with E-state index in [0.717, 1.165) is 32.1 Å². The molecule has 1 heterocycles. The lowest BCUT2D eigenvalue weighted by molar-refractivity contribution is -0.155. The highest BCUT2D eigenvalue weighted by molar-refractivity contribution is 5.89. The maximum atomic E-state index is 12.4. The number of ether oxygens (including phenoxy) is 1. The zero-order chi connectivity index (χ0) is 18.0. The molecule has 3 fully saturated rings. The molecule has 138 valence electrons. The summed E-state index contributed by atoms with van der Waals surface area (Å²) >= 11 is 0. The average molecular weight is 345 g/mol. The van der Waals surface area contributed by atoms with Gasteiger partial charge in [0.2, 0.25) is 5.91 Å². The average Bonchev–Trinajstić information content (AvgIpc) is 2.93. The van der Waals surface area contributed by atoms with Gasteiger partial charge in [0.25, 0.3) is 0 Å². The summed E-state index contributed by atoms with van der Waals surface area (Å²) in [6, 6.07) is 0.253. The Kier molecular flexibility index (Phi) is 3.82. The van der Waals surface area contributed by atoms with Crippen molar-refractivity contribution in [2.45, 2.75) is 58.9 Å². The lowest BCUT2D eigenvalue weighted by atomic mass is 9.45. The topological polar surface area (TPSA) is 55.4 Å². The fourth-order valence-corrected chi connectivity index (χ4v) is 7.21. The largest absolute Gasteiger partial charge is 0.469 e. The van der Waals surface area contributed by atoms with Crippen molar-refractivity contribution in [1.82, 2.24) is 5.32 Å². The van der Waals surface area contributed by atoms with Crippen molar-refractivity contribution in [2.24, 2.45) is 40.4 Å². The van der Waals surface area contributed by atoms with Gasteiger partial charge in [-0.25, -0.2) is 0 Å². The second-order valence-electron chi connectivity index (χ2n) is 9.46. The van der Waals surface area contributed by atoms with Crippen LogP contribution in [0.2, 0.25) is 0 Å². The highest BCUT2D eigenvalue weighted by atomic mass is 16.5. The highest BCUT2D eigenvalue weighted by Gasteiger charge is 2.62. The number of hydrogen-bond acceptors (Lipinski definition) is 3. The molecule has 3 aliphatic carbocycles. The molecule has 4 heteroatoms. The van der Waals surface area contributed by atoms with E-state index >= 15 is 0 Å². The first-order valence-electron chi connectivity index (χ1n) is 9.89. The predicted octanol–water partition coefficient (Wildman–Crippen LogP) is 3.32. The van der Waals surface area contributed by atoms with Gasteiger partial charge in [0.05, 0.1) is 13.0 Å². The fraction of sp³-hybridized carbons (Fsp3) is 0.810. The minimum atomic E-state index is -0.0131. The van der Waals surface area contributed by atoms with Crippen LogP contribution in [0.15, 0.2) is 12.2 Å². The molecule has 4 aliphatic rings. The van der Waals surface area contributed by atoms with Gasteiger partial charge in [-0.1, -0.05) is 26.8 Å². The molecule has 1 aliphatic heterocycles. The van der Waals surface area contributed by atoms with Crippen LogP contribution in [0.1, 0.15) is 52.9 Å². The Morgan fingerprint density at radius 3 is 2.72 bits per heavy atom. The molecule has 1 N–H and O–H groups in total. The maximum Gasteiger partial charge on any atom is 0.309 e. The molecular weight excluding hydrogens is 314 g/mol. The first-order valence-corrected chi connectivity index (χ1v) is 9.89. The third-order valence-corrected chi connectivity index (χ3v) is 8.54. The summed E-state index contributed by atoms with van der Waals surface area (Å²) in [4.78, 5) is 24.2. The molecule has 1 amide bonds. The Bertz CT molecular complexity index is 629. The number of esters is 1. The Morgan fingerprint density at radius 2 is 2.00 bits per heavy atom. The van der Waals surface area contributed by atoms with Gasteiger partial charge in [-0.15, -0.1) is 0 Å². The van der Waals surface area contributed by atoms with Crippen LogP contribution in [0.25, 0.3) is 0 Å². The van der Waals surface area contributed by atoms with Crippen LogP contribution in [0.5, 0.6) is 0 Å². The van der Waals surface area contributed by atoms with E-state index in [0.29, 0.717) is 23.7 Å². The van der Waals surface area contributed by atoms with Gasteiger partial charge in [-0.2, -0.15) is 0 Å². The van der Waals surface area contributed by atoms with E-state index in [9.17, 15) is 9.59 Å². The molecule has 0 aromatic carbocycles. The number of methoxy groups -OCH3 is 1.